The van der Waals surface area contributed by atoms with Crippen LogP contribution in [0.3, 0.4) is 0 Å². The van der Waals surface area contributed by atoms with Gasteiger partial charge in [-0.3, -0.25) is 4.79 Å². The van der Waals surface area contributed by atoms with E-state index in [1.54, 1.807) is 25.5 Å². The predicted octanol–water partition coefficient (Wildman–Crippen LogP) is -0.517. The summed E-state index contributed by atoms with van der Waals surface area (Å²) in [4.78, 5) is 13.2. The van der Waals surface area contributed by atoms with Crippen molar-refractivity contribution in [3.05, 3.63) is 0 Å². The molecule has 1 aliphatic heterocycles. The van der Waals surface area contributed by atoms with E-state index in [0.717, 1.165) is 0 Å². The van der Waals surface area contributed by atoms with Crippen LogP contribution < -0.4 is 0 Å². The number of aliphatic hydroxyl groups is 1. The number of carbonyl (C=O) groups excluding carboxylic acids is 1. The highest BCUT2D eigenvalue weighted by molar-refractivity contribution is 6.45. The quantitative estimate of drug-likeness (QED) is 0.489. The topological polar surface area (TPSA) is 70.0 Å². The maximum absolute atomic E-state index is 11.6. The Bertz CT molecular complexity index is 234. The molecule has 1 saturated heterocycles. The van der Waals surface area contributed by atoms with Crippen molar-refractivity contribution in [2.24, 2.45) is 0 Å². The van der Waals surface area contributed by atoms with Crippen molar-refractivity contribution in [1.29, 1.82) is 0 Å². The second-order valence-electron chi connectivity index (χ2n) is 4.22. The molecule has 86 valence electrons. The van der Waals surface area contributed by atoms with Gasteiger partial charge in [-0.1, -0.05) is 0 Å². The zero-order chi connectivity index (χ0) is 11.6. The lowest BCUT2D eigenvalue weighted by Gasteiger charge is -2.23. The first-order valence-corrected chi connectivity index (χ1v) is 5.24. The van der Waals surface area contributed by atoms with Gasteiger partial charge in [0, 0.05) is 6.54 Å². The van der Waals surface area contributed by atoms with Gasteiger partial charge < -0.3 is 19.7 Å². The van der Waals surface area contributed by atoms with Gasteiger partial charge in [-0.05, 0) is 27.1 Å². The molecule has 2 N–H and O–H groups in total. The van der Waals surface area contributed by atoms with Crippen molar-refractivity contribution in [3.8, 4) is 0 Å². The van der Waals surface area contributed by atoms with Crippen molar-refractivity contribution in [2.75, 3.05) is 6.54 Å². The predicted molar refractivity (Wildman–Crippen MR) is 56.2 cm³/mol. The van der Waals surface area contributed by atoms with Gasteiger partial charge in [0.1, 0.15) is 6.04 Å². The van der Waals surface area contributed by atoms with E-state index in [4.69, 9.17) is 4.74 Å². The van der Waals surface area contributed by atoms with E-state index in [-0.39, 0.29) is 12.1 Å². The van der Waals surface area contributed by atoms with Gasteiger partial charge in [-0.25, -0.2) is 0 Å². The molecule has 0 saturated carbocycles. The Balaban J connectivity index is 2.62. The summed E-state index contributed by atoms with van der Waals surface area (Å²) >= 11 is 0. The lowest BCUT2D eigenvalue weighted by atomic mass is 9.84. The first kappa shape index (κ1) is 12.5. The number of esters is 1. The zero-order valence-electron chi connectivity index (χ0n) is 9.38. The average Bonchev–Trinajstić information content (AvgIpc) is 2.46. The first-order chi connectivity index (χ1) is 6.91. The van der Waals surface area contributed by atoms with Gasteiger partial charge >= 0.3 is 13.0 Å². The number of nitrogens with zero attached hydrogens (tertiary/aromatic N) is 1. The van der Waals surface area contributed by atoms with Gasteiger partial charge in [0.05, 0.1) is 12.2 Å². The second kappa shape index (κ2) is 4.96. The van der Waals surface area contributed by atoms with Crippen LogP contribution >= 0.6 is 0 Å². The molecule has 1 aliphatic rings. The summed E-state index contributed by atoms with van der Waals surface area (Å²) in [5, 5.41) is 18.9. The van der Waals surface area contributed by atoms with E-state index in [9.17, 15) is 14.9 Å². The van der Waals surface area contributed by atoms with Crippen molar-refractivity contribution in [3.63, 3.8) is 0 Å². The van der Waals surface area contributed by atoms with Gasteiger partial charge in [-0.15, -0.1) is 0 Å². The van der Waals surface area contributed by atoms with Crippen LogP contribution in [0, 0.1) is 0 Å². The Morgan fingerprint density at radius 2 is 2.20 bits per heavy atom. The molecule has 15 heavy (non-hydrogen) atoms. The van der Waals surface area contributed by atoms with Gasteiger partial charge in [-0.2, -0.15) is 0 Å². The summed E-state index contributed by atoms with van der Waals surface area (Å²) in [6, 6.07) is -0.526. The molecule has 1 fully saturated rings. The molecule has 5 nitrogen and oxygen atoms in total. The zero-order valence-corrected chi connectivity index (χ0v) is 9.38. The number of aliphatic hydroxyl groups excluding tert-OH is 1. The minimum absolute atomic E-state index is 0.175. The van der Waals surface area contributed by atoms with Crippen molar-refractivity contribution in [1.82, 2.24) is 4.81 Å². The SMILES string of the molecule is CB(O)N1C[C@H](O)C[C@H]1C(=O)OC(C)C. The number of hydrogen-bond acceptors (Lipinski definition) is 5. The summed E-state index contributed by atoms with van der Waals surface area (Å²) < 4.78 is 5.06. The number of rotatable bonds is 3. The number of hydrogen-bond donors (Lipinski definition) is 2. The van der Waals surface area contributed by atoms with E-state index in [1.807, 2.05) is 0 Å². The van der Waals surface area contributed by atoms with Gasteiger partial charge in [0.15, 0.2) is 0 Å². The van der Waals surface area contributed by atoms with Crippen molar-refractivity contribution in [2.45, 2.75) is 45.3 Å². The van der Waals surface area contributed by atoms with Crippen LogP contribution in [-0.4, -0.2) is 52.8 Å². The molecule has 0 bridgehead atoms. The molecule has 0 spiro atoms. The van der Waals surface area contributed by atoms with Crippen LogP contribution in [0.2, 0.25) is 6.82 Å². The Kier molecular flexibility index (Phi) is 4.13. The van der Waals surface area contributed by atoms with Crippen LogP contribution in [0.15, 0.2) is 0 Å². The fraction of sp³-hybridized carbons (Fsp3) is 0.889. The lowest BCUT2D eigenvalue weighted by Crippen LogP contribution is -2.46. The third kappa shape index (κ3) is 3.19. The summed E-state index contributed by atoms with van der Waals surface area (Å²) in [6.07, 6.45) is -0.411. The van der Waals surface area contributed by atoms with Crippen LogP contribution in [-0.2, 0) is 9.53 Å². The van der Waals surface area contributed by atoms with Crippen molar-refractivity contribution >= 4 is 13.0 Å². The molecule has 0 unspecified atom stereocenters. The summed E-state index contributed by atoms with van der Waals surface area (Å²) in [6.45, 7) is 5.44. The van der Waals surface area contributed by atoms with E-state index in [2.05, 4.69) is 0 Å². The maximum Gasteiger partial charge on any atom is 0.377 e. The highest BCUT2D eigenvalue weighted by Gasteiger charge is 2.40. The van der Waals surface area contributed by atoms with E-state index >= 15 is 0 Å². The monoisotopic (exact) mass is 215 g/mol. The minimum Gasteiger partial charge on any atom is -0.462 e. The molecule has 0 radical (unpaired) electrons. The summed E-state index contributed by atoms with van der Waals surface area (Å²) in [5.74, 6) is -0.373. The van der Waals surface area contributed by atoms with Gasteiger partial charge in [0.2, 0.25) is 0 Å². The summed E-state index contributed by atoms with van der Waals surface area (Å²) in [5.41, 5.74) is 0. The van der Waals surface area contributed by atoms with E-state index < -0.39 is 19.2 Å². The Morgan fingerprint density at radius 3 is 2.67 bits per heavy atom. The Labute approximate surface area is 90.2 Å². The largest absolute Gasteiger partial charge is 0.462 e. The molecule has 0 aromatic rings. The fourth-order valence-electron chi connectivity index (χ4n) is 1.79. The maximum atomic E-state index is 11.6. The van der Waals surface area contributed by atoms with E-state index in [0.29, 0.717) is 13.0 Å². The Hall–Kier alpha value is -0.585. The van der Waals surface area contributed by atoms with Crippen molar-refractivity contribution < 1.29 is 19.7 Å². The third-order valence-electron chi connectivity index (χ3n) is 2.42. The smallest absolute Gasteiger partial charge is 0.377 e. The lowest BCUT2D eigenvalue weighted by molar-refractivity contribution is -0.151. The number of β-amino-alcohol motifs (C(OH)–C–C–N with tert-alkyl or cyclic N) is 1. The van der Waals surface area contributed by atoms with Crippen LogP contribution in [0.1, 0.15) is 20.3 Å². The van der Waals surface area contributed by atoms with Crippen LogP contribution in [0.25, 0.3) is 0 Å². The third-order valence-corrected chi connectivity index (χ3v) is 2.42. The molecule has 0 aromatic carbocycles. The van der Waals surface area contributed by atoms with Crippen LogP contribution in [0.5, 0.6) is 0 Å². The normalized spacial score (nSPS) is 27.1. The molecule has 1 heterocycles. The molecular formula is C9H18BNO4. The molecule has 0 aliphatic carbocycles. The van der Waals surface area contributed by atoms with Gasteiger partial charge in [0.25, 0.3) is 0 Å². The molecule has 2 atom stereocenters. The summed E-state index contributed by atoms with van der Waals surface area (Å²) in [7, 11) is -0.744. The van der Waals surface area contributed by atoms with E-state index in [1.165, 1.54) is 0 Å². The molecule has 0 aromatic heterocycles. The molecule has 0 amide bonds. The first-order valence-electron chi connectivity index (χ1n) is 5.24. The minimum atomic E-state index is -0.744. The standard InChI is InChI=1S/C9H18BNO4/c1-6(2)15-9(13)8-4-7(12)5-11(8)10(3)14/h6-8,12,14H,4-5H2,1-3H3/t7-,8+/m1/s1. The highest BCUT2D eigenvalue weighted by Crippen LogP contribution is 2.20. The highest BCUT2D eigenvalue weighted by atomic mass is 16.5. The Morgan fingerprint density at radius 1 is 1.60 bits per heavy atom. The molecular weight excluding hydrogens is 197 g/mol. The molecule has 6 heteroatoms. The molecule has 1 rings (SSSR count). The second-order valence-corrected chi connectivity index (χ2v) is 4.22. The number of ether oxygens (including phenoxy) is 1. The van der Waals surface area contributed by atoms with Crippen LogP contribution in [0.4, 0.5) is 0 Å². The number of carbonyl (C=O) groups is 1. The fourth-order valence-corrected chi connectivity index (χ4v) is 1.79. The average molecular weight is 215 g/mol.